The molecule has 5 heteroatoms. The Morgan fingerprint density at radius 3 is 2.19 bits per heavy atom. The Bertz CT molecular complexity index is 874. The number of hydrogen-bond acceptors (Lipinski definition) is 3. The average Bonchev–Trinajstić information content (AvgIpc) is 2.77. The summed E-state index contributed by atoms with van der Waals surface area (Å²) in [5.41, 5.74) is 1.92. The molecule has 2 rings (SSSR count). The van der Waals surface area contributed by atoms with E-state index in [0.29, 0.717) is 18.7 Å². The van der Waals surface area contributed by atoms with E-state index in [0.717, 1.165) is 17.5 Å². The summed E-state index contributed by atoms with van der Waals surface area (Å²) in [7, 11) is 0. The summed E-state index contributed by atoms with van der Waals surface area (Å²) in [5.74, 6) is 0.370. The molecule has 0 radical (unpaired) electrons. The minimum Gasteiger partial charge on any atom is -0.483 e. The number of nitrogens with zero attached hydrogens (tertiary/aromatic N) is 1. The fraction of sp³-hybridized carbons (Fsp3) is 0.481. The third-order valence-corrected chi connectivity index (χ3v) is 5.63. The van der Waals surface area contributed by atoms with E-state index in [1.54, 1.807) is 4.90 Å². The summed E-state index contributed by atoms with van der Waals surface area (Å²) >= 11 is 0. The van der Waals surface area contributed by atoms with Crippen molar-refractivity contribution >= 4 is 11.8 Å². The Morgan fingerprint density at radius 2 is 1.59 bits per heavy atom. The molecule has 0 aliphatic rings. The van der Waals surface area contributed by atoms with Crippen molar-refractivity contribution in [3.05, 3.63) is 65.7 Å². The highest BCUT2D eigenvalue weighted by Gasteiger charge is 2.30. The maximum atomic E-state index is 13.4. The van der Waals surface area contributed by atoms with Gasteiger partial charge < -0.3 is 15.0 Å². The predicted octanol–water partition coefficient (Wildman–Crippen LogP) is 5.09. The maximum absolute atomic E-state index is 13.4. The van der Waals surface area contributed by atoms with Gasteiger partial charge in [-0.25, -0.2) is 0 Å². The largest absolute Gasteiger partial charge is 0.483 e. The molecule has 32 heavy (non-hydrogen) atoms. The molecule has 174 valence electrons. The molecule has 0 unspecified atom stereocenters. The van der Waals surface area contributed by atoms with Crippen LogP contribution in [0.2, 0.25) is 0 Å². The second-order valence-corrected chi connectivity index (χ2v) is 9.28. The van der Waals surface area contributed by atoms with Crippen molar-refractivity contribution in [2.75, 3.05) is 6.61 Å². The van der Waals surface area contributed by atoms with Crippen LogP contribution in [0.25, 0.3) is 0 Å². The smallest absolute Gasteiger partial charge is 0.261 e. The van der Waals surface area contributed by atoms with Gasteiger partial charge in [0.05, 0.1) is 0 Å². The summed E-state index contributed by atoms with van der Waals surface area (Å²) in [6, 6.07) is 17.0. The highest BCUT2D eigenvalue weighted by atomic mass is 16.5. The standard InChI is InChI=1S/C27H38N2O3/c1-7-20(3)28-26(31)23(8-2)29(18-21-14-10-9-11-15-21)25(30)19-32-24-17-13-12-16-22(24)27(4,5)6/h9-17,20,23H,7-8,18-19H2,1-6H3,(H,28,31)/t20-,23-/m0/s1. The van der Waals surface area contributed by atoms with Crippen molar-refractivity contribution in [1.29, 1.82) is 0 Å². The molecule has 1 N–H and O–H groups in total. The number of benzene rings is 2. The monoisotopic (exact) mass is 438 g/mol. The third kappa shape index (κ3) is 7.11. The van der Waals surface area contributed by atoms with Gasteiger partial charge in [-0.05, 0) is 42.4 Å². The Labute approximate surface area is 193 Å². The van der Waals surface area contributed by atoms with Gasteiger partial charge in [-0.2, -0.15) is 0 Å². The van der Waals surface area contributed by atoms with Crippen molar-refractivity contribution in [3.63, 3.8) is 0 Å². The van der Waals surface area contributed by atoms with Gasteiger partial charge in [-0.1, -0.05) is 83.1 Å². The molecule has 0 heterocycles. The van der Waals surface area contributed by atoms with Crippen LogP contribution >= 0.6 is 0 Å². The second-order valence-electron chi connectivity index (χ2n) is 9.28. The molecular formula is C27H38N2O3. The first-order valence-corrected chi connectivity index (χ1v) is 11.5. The van der Waals surface area contributed by atoms with Crippen molar-refractivity contribution < 1.29 is 14.3 Å². The molecule has 0 fully saturated rings. The first kappa shape index (κ1) is 25.4. The second kappa shape index (κ2) is 11.7. The van der Waals surface area contributed by atoms with Crippen LogP contribution in [0.15, 0.2) is 54.6 Å². The maximum Gasteiger partial charge on any atom is 0.261 e. The zero-order chi connectivity index (χ0) is 23.7. The van der Waals surface area contributed by atoms with Gasteiger partial charge in [0.1, 0.15) is 11.8 Å². The van der Waals surface area contributed by atoms with E-state index in [9.17, 15) is 9.59 Å². The summed E-state index contributed by atoms with van der Waals surface area (Å²) in [5, 5.41) is 3.03. The highest BCUT2D eigenvalue weighted by molar-refractivity contribution is 5.88. The van der Waals surface area contributed by atoms with Crippen LogP contribution in [0, 0.1) is 0 Å². The first-order valence-electron chi connectivity index (χ1n) is 11.5. The van der Waals surface area contributed by atoms with Crippen molar-refractivity contribution in [1.82, 2.24) is 10.2 Å². The number of carbonyl (C=O) groups excluding carboxylic acids is 2. The number of amides is 2. The Balaban J connectivity index is 2.25. The van der Waals surface area contributed by atoms with Crippen LogP contribution in [-0.4, -0.2) is 35.4 Å². The molecule has 2 atom stereocenters. The zero-order valence-electron chi connectivity index (χ0n) is 20.4. The Hall–Kier alpha value is -2.82. The summed E-state index contributed by atoms with van der Waals surface area (Å²) in [6.07, 6.45) is 1.36. The van der Waals surface area contributed by atoms with Crippen LogP contribution in [0.1, 0.15) is 65.5 Å². The number of para-hydroxylation sites is 1. The van der Waals surface area contributed by atoms with Gasteiger partial charge >= 0.3 is 0 Å². The van der Waals surface area contributed by atoms with Gasteiger partial charge in [-0.3, -0.25) is 9.59 Å². The zero-order valence-corrected chi connectivity index (χ0v) is 20.4. The molecule has 0 saturated carbocycles. The van der Waals surface area contributed by atoms with Crippen LogP contribution < -0.4 is 10.1 Å². The molecule has 0 aliphatic carbocycles. The summed E-state index contributed by atoms with van der Waals surface area (Å²) in [6.45, 7) is 12.5. The van der Waals surface area contributed by atoms with E-state index in [4.69, 9.17) is 4.74 Å². The number of carbonyl (C=O) groups is 2. The fourth-order valence-corrected chi connectivity index (χ4v) is 3.58. The SMILES string of the molecule is CC[C@H](C)NC(=O)[C@H](CC)N(Cc1ccccc1)C(=O)COc1ccccc1C(C)(C)C. The van der Waals surface area contributed by atoms with Gasteiger partial charge in [0.15, 0.2) is 6.61 Å². The Morgan fingerprint density at radius 1 is 0.969 bits per heavy atom. The molecule has 0 bridgehead atoms. The van der Waals surface area contributed by atoms with Crippen LogP contribution in [-0.2, 0) is 21.5 Å². The van der Waals surface area contributed by atoms with Crippen LogP contribution in [0.5, 0.6) is 5.75 Å². The normalized spacial score (nSPS) is 13.2. The molecular weight excluding hydrogens is 400 g/mol. The fourth-order valence-electron chi connectivity index (χ4n) is 3.58. The third-order valence-electron chi connectivity index (χ3n) is 5.63. The molecule has 0 saturated heterocycles. The highest BCUT2D eigenvalue weighted by Crippen LogP contribution is 2.31. The number of ether oxygens (including phenoxy) is 1. The minimum atomic E-state index is -0.557. The van der Waals surface area contributed by atoms with Crippen LogP contribution in [0.4, 0.5) is 0 Å². The number of nitrogens with one attached hydrogen (secondary N) is 1. The lowest BCUT2D eigenvalue weighted by molar-refractivity contribution is -0.143. The topological polar surface area (TPSA) is 58.6 Å². The summed E-state index contributed by atoms with van der Waals surface area (Å²) < 4.78 is 6.00. The molecule has 2 aromatic carbocycles. The van der Waals surface area contributed by atoms with Crippen molar-refractivity contribution in [2.45, 2.75) is 78.4 Å². The van der Waals surface area contributed by atoms with E-state index < -0.39 is 6.04 Å². The predicted molar refractivity (Wildman–Crippen MR) is 130 cm³/mol. The first-order chi connectivity index (χ1) is 15.2. The van der Waals surface area contributed by atoms with E-state index in [1.807, 2.05) is 75.4 Å². The van der Waals surface area contributed by atoms with Gasteiger partial charge in [0.25, 0.3) is 5.91 Å². The molecule has 0 spiro atoms. The van der Waals surface area contributed by atoms with Gasteiger partial charge in [0, 0.05) is 12.6 Å². The van der Waals surface area contributed by atoms with E-state index in [1.165, 1.54) is 0 Å². The number of hydrogen-bond donors (Lipinski definition) is 1. The van der Waals surface area contributed by atoms with E-state index in [2.05, 4.69) is 26.1 Å². The van der Waals surface area contributed by atoms with E-state index in [-0.39, 0.29) is 29.9 Å². The quantitative estimate of drug-likeness (QED) is 0.562. The lowest BCUT2D eigenvalue weighted by Crippen LogP contribution is -2.51. The van der Waals surface area contributed by atoms with Gasteiger partial charge in [0.2, 0.25) is 5.91 Å². The Kier molecular flexibility index (Phi) is 9.30. The minimum absolute atomic E-state index is 0.0557. The summed E-state index contributed by atoms with van der Waals surface area (Å²) in [4.78, 5) is 28.0. The molecule has 0 aromatic heterocycles. The van der Waals surface area contributed by atoms with Gasteiger partial charge in [-0.15, -0.1) is 0 Å². The molecule has 5 nitrogen and oxygen atoms in total. The van der Waals surface area contributed by atoms with Crippen molar-refractivity contribution in [3.8, 4) is 5.75 Å². The van der Waals surface area contributed by atoms with E-state index >= 15 is 0 Å². The lowest BCUT2D eigenvalue weighted by atomic mass is 9.86. The number of rotatable bonds is 10. The molecule has 2 aromatic rings. The average molecular weight is 439 g/mol. The van der Waals surface area contributed by atoms with Crippen LogP contribution in [0.3, 0.4) is 0 Å². The molecule has 2 amide bonds. The molecule has 0 aliphatic heterocycles. The van der Waals surface area contributed by atoms with Crippen molar-refractivity contribution in [2.24, 2.45) is 0 Å². The lowest BCUT2D eigenvalue weighted by Gasteiger charge is -2.31.